The van der Waals surface area contributed by atoms with Gasteiger partial charge in [-0.15, -0.1) is 0 Å². The van der Waals surface area contributed by atoms with E-state index in [0.29, 0.717) is 23.0 Å². The quantitative estimate of drug-likeness (QED) is 0.337. The molecule has 0 aliphatic carbocycles. The van der Waals surface area contributed by atoms with Gasteiger partial charge in [0.2, 0.25) is 5.78 Å². The number of hydrogen-bond acceptors (Lipinski definition) is 5. The molecule has 0 atom stereocenters. The molecular formula is C24H17BrN4O3. The van der Waals surface area contributed by atoms with E-state index in [0.717, 1.165) is 15.7 Å². The van der Waals surface area contributed by atoms with Crippen molar-refractivity contribution in [3.63, 3.8) is 0 Å². The van der Waals surface area contributed by atoms with Crippen LogP contribution in [0, 0.1) is 0 Å². The summed E-state index contributed by atoms with van der Waals surface area (Å²) in [6.07, 6.45) is 5.52. The molecule has 0 radical (unpaired) electrons. The Morgan fingerprint density at radius 3 is 2.78 bits per heavy atom. The molecule has 0 saturated heterocycles. The molecule has 3 aromatic heterocycles. The Balaban J connectivity index is 1.22. The third-order valence-electron chi connectivity index (χ3n) is 4.74. The zero-order valence-electron chi connectivity index (χ0n) is 16.7. The number of aromatic nitrogens is 3. The van der Waals surface area contributed by atoms with Gasteiger partial charge in [-0.25, -0.2) is 9.97 Å². The lowest BCUT2D eigenvalue weighted by atomic mass is 10.1. The number of rotatable bonds is 6. The fourth-order valence-corrected chi connectivity index (χ4v) is 3.55. The van der Waals surface area contributed by atoms with Crippen LogP contribution in [0.1, 0.15) is 16.3 Å². The van der Waals surface area contributed by atoms with Crippen LogP contribution < -0.4 is 10.1 Å². The van der Waals surface area contributed by atoms with E-state index in [4.69, 9.17) is 9.15 Å². The zero-order chi connectivity index (χ0) is 21.9. The van der Waals surface area contributed by atoms with Crippen LogP contribution in [0.5, 0.6) is 5.75 Å². The van der Waals surface area contributed by atoms with Crippen molar-refractivity contribution in [2.45, 2.75) is 6.61 Å². The van der Waals surface area contributed by atoms with Crippen molar-refractivity contribution >= 4 is 33.3 Å². The molecule has 3 heterocycles. The molecule has 0 saturated carbocycles. The summed E-state index contributed by atoms with van der Waals surface area (Å²) in [5.74, 6) is 1.79. The van der Waals surface area contributed by atoms with Gasteiger partial charge < -0.3 is 14.5 Å². The van der Waals surface area contributed by atoms with Crippen molar-refractivity contribution < 1.29 is 13.9 Å². The first-order valence-electron chi connectivity index (χ1n) is 9.83. The smallest absolute Gasteiger partial charge is 0.291 e. The van der Waals surface area contributed by atoms with E-state index in [2.05, 4.69) is 31.2 Å². The van der Waals surface area contributed by atoms with Crippen molar-refractivity contribution in [2.75, 3.05) is 5.32 Å². The first kappa shape index (κ1) is 20.0. The minimum atomic E-state index is -0.330. The lowest BCUT2D eigenvalue weighted by Crippen LogP contribution is -2.10. The Hall–Kier alpha value is -3.91. The highest BCUT2D eigenvalue weighted by atomic mass is 79.9. The molecule has 1 amide bonds. The zero-order valence-corrected chi connectivity index (χ0v) is 18.3. The number of carbonyl (C=O) groups is 1. The molecular weight excluding hydrogens is 472 g/mol. The lowest BCUT2D eigenvalue weighted by Gasteiger charge is -2.05. The molecule has 0 bridgehead atoms. The summed E-state index contributed by atoms with van der Waals surface area (Å²) < 4.78 is 14.1. The van der Waals surface area contributed by atoms with Crippen LogP contribution in [0.15, 0.2) is 94.2 Å². The van der Waals surface area contributed by atoms with Gasteiger partial charge in [0.05, 0.1) is 5.69 Å². The molecule has 0 aliphatic rings. The number of nitrogens with zero attached hydrogens (tertiary/aromatic N) is 3. The summed E-state index contributed by atoms with van der Waals surface area (Å²) in [5.41, 5.74) is 2.39. The summed E-state index contributed by atoms with van der Waals surface area (Å²) in [7, 11) is 0. The third kappa shape index (κ3) is 4.40. The number of halogens is 1. The Labute approximate surface area is 191 Å². The normalized spacial score (nSPS) is 10.9. The summed E-state index contributed by atoms with van der Waals surface area (Å²) >= 11 is 3.40. The Kier molecular flexibility index (Phi) is 5.43. The van der Waals surface area contributed by atoms with Crippen LogP contribution in [0.4, 0.5) is 5.69 Å². The molecule has 0 aliphatic heterocycles. The highest BCUT2D eigenvalue weighted by Crippen LogP contribution is 2.22. The minimum Gasteiger partial charge on any atom is -0.486 e. The number of carbonyl (C=O) groups excluding carboxylic acids is 1. The monoisotopic (exact) mass is 488 g/mol. The number of benzene rings is 2. The molecule has 5 aromatic rings. The van der Waals surface area contributed by atoms with Crippen LogP contribution in [0.3, 0.4) is 0 Å². The van der Waals surface area contributed by atoms with E-state index in [1.165, 1.54) is 0 Å². The standard InChI is InChI=1S/C24H17BrN4O3/c25-17-3-1-4-19(13-17)31-15-20-9-10-22(32-20)23(30)27-18-7-5-16(6-8-18)21-14-29-12-2-11-26-24(29)28-21/h1-14H,15H2,(H,27,30). The lowest BCUT2D eigenvalue weighted by molar-refractivity contribution is 0.0992. The van der Waals surface area contributed by atoms with E-state index >= 15 is 0 Å². The highest BCUT2D eigenvalue weighted by Gasteiger charge is 2.13. The summed E-state index contributed by atoms with van der Waals surface area (Å²) in [5, 5.41) is 2.84. The van der Waals surface area contributed by atoms with Gasteiger partial charge in [-0.3, -0.25) is 9.20 Å². The molecule has 8 heteroatoms. The van der Waals surface area contributed by atoms with E-state index < -0.39 is 0 Å². The average Bonchev–Trinajstić information content (AvgIpc) is 3.45. The Morgan fingerprint density at radius 1 is 1.09 bits per heavy atom. The van der Waals surface area contributed by atoms with Gasteiger partial charge in [0, 0.05) is 34.3 Å². The largest absolute Gasteiger partial charge is 0.486 e. The van der Waals surface area contributed by atoms with E-state index in [-0.39, 0.29) is 18.3 Å². The van der Waals surface area contributed by atoms with E-state index in [1.807, 2.05) is 71.4 Å². The maximum Gasteiger partial charge on any atom is 0.291 e. The fraction of sp³-hybridized carbons (Fsp3) is 0.0417. The topological polar surface area (TPSA) is 81.7 Å². The number of imidazole rings is 1. The number of nitrogens with one attached hydrogen (secondary N) is 1. The molecule has 0 fully saturated rings. The van der Waals surface area contributed by atoms with Gasteiger partial charge in [-0.05, 0) is 48.5 Å². The maximum atomic E-state index is 12.5. The van der Waals surface area contributed by atoms with Crippen molar-refractivity contribution in [3.05, 3.63) is 101 Å². The first-order valence-corrected chi connectivity index (χ1v) is 10.6. The van der Waals surface area contributed by atoms with Gasteiger partial charge in [0.15, 0.2) is 5.76 Å². The van der Waals surface area contributed by atoms with Crippen LogP contribution in [0.2, 0.25) is 0 Å². The number of hydrogen-bond donors (Lipinski definition) is 1. The van der Waals surface area contributed by atoms with Crippen molar-refractivity contribution in [2.24, 2.45) is 0 Å². The molecule has 5 rings (SSSR count). The summed E-state index contributed by atoms with van der Waals surface area (Å²) in [6, 6.07) is 20.2. The second-order valence-corrected chi connectivity index (χ2v) is 7.91. The maximum absolute atomic E-state index is 12.5. The second kappa shape index (κ2) is 8.68. The van der Waals surface area contributed by atoms with Crippen molar-refractivity contribution in [1.29, 1.82) is 0 Å². The summed E-state index contributed by atoms with van der Waals surface area (Å²) in [4.78, 5) is 21.3. The van der Waals surface area contributed by atoms with Gasteiger partial charge in [0.25, 0.3) is 5.91 Å². The van der Waals surface area contributed by atoms with Gasteiger partial charge in [-0.2, -0.15) is 0 Å². The van der Waals surface area contributed by atoms with Gasteiger partial charge in [0.1, 0.15) is 18.1 Å². The number of amides is 1. The van der Waals surface area contributed by atoms with Crippen LogP contribution in [0.25, 0.3) is 17.0 Å². The average molecular weight is 489 g/mol. The first-order chi connectivity index (χ1) is 15.6. The number of ether oxygens (including phenoxy) is 1. The molecule has 2 aromatic carbocycles. The predicted octanol–water partition coefficient (Wildman–Crippen LogP) is 5.58. The predicted molar refractivity (Wildman–Crippen MR) is 124 cm³/mol. The fourth-order valence-electron chi connectivity index (χ4n) is 3.17. The molecule has 158 valence electrons. The van der Waals surface area contributed by atoms with Crippen molar-refractivity contribution in [3.8, 4) is 17.0 Å². The van der Waals surface area contributed by atoms with Gasteiger partial charge >= 0.3 is 0 Å². The van der Waals surface area contributed by atoms with Crippen molar-refractivity contribution in [1.82, 2.24) is 14.4 Å². The molecule has 32 heavy (non-hydrogen) atoms. The van der Waals surface area contributed by atoms with Crippen LogP contribution >= 0.6 is 15.9 Å². The summed E-state index contributed by atoms with van der Waals surface area (Å²) in [6.45, 7) is 0.228. The van der Waals surface area contributed by atoms with Crippen LogP contribution in [-0.2, 0) is 6.61 Å². The van der Waals surface area contributed by atoms with Crippen LogP contribution in [-0.4, -0.2) is 20.3 Å². The molecule has 0 unspecified atom stereocenters. The molecule has 1 N–H and O–H groups in total. The minimum absolute atomic E-state index is 0.216. The van der Waals surface area contributed by atoms with E-state index in [1.54, 1.807) is 18.3 Å². The second-order valence-electron chi connectivity index (χ2n) is 7.00. The number of fused-ring (bicyclic) bond motifs is 1. The molecule has 0 spiro atoms. The highest BCUT2D eigenvalue weighted by molar-refractivity contribution is 9.10. The SMILES string of the molecule is O=C(Nc1ccc(-c2cn3cccnc3n2)cc1)c1ccc(COc2cccc(Br)c2)o1. The number of furan rings is 1. The number of anilines is 1. The third-order valence-corrected chi connectivity index (χ3v) is 5.23. The van der Waals surface area contributed by atoms with Gasteiger partial charge in [-0.1, -0.05) is 34.1 Å². The Bertz CT molecular complexity index is 1360. The Morgan fingerprint density at radius 2 is 1.97 bits per heavy atom. The van der Waals surface area contributed by atoms with E-state index in [9.17, 15) is 4.79 Å². The molecule has 7 nitrogen and oxygen atoms in total.